The number of carboxylic acids is 1. The Hall–Kier alpha value is -9.38. The molecule has 0 radical (unpaired) electrons. The highest BCUT2D eigenvalue weighted by Crippen LogP contribution is 2.40. The van der Waals surface area contributed by atoms with Gasteiger partial charge in [0.15, 0.2) is 23.0 Å². The van der Waals surface area contributed by atoms with E-state index in [2.05, 4.69) is 36.6 Å². The lowest BCUT2D eigenvalue weighted by Gasteiger charge is -2.17. The number of aromatic nitrogens is 2. The van der Waals surface area contributed by atoms with Gasteiger partial charge in [-0.25, -0.2) is 9.59 Å². The third-order valence-electron chi connectivity index (χ3n) is 9.66. The number of nitrogens with zero attached hydrogens (tertiary/aromatic N) is 1. The number of imidazole rings is 1. The zero-order chi connectivity index (χ0) is 46.9. The van der Waals surface area contributed by atoms with Crippen LogP contribution >= 0.6 is 0 Å². The van der Waals surface area contributed by atoms with Crippen LogP contribution in [0, 0.1) is 11.3 Å². The van der Waals surface area contributed by atoms with Crippen LogP contribution in [-0.2, 0) is 9.59 Å². The van der Waals surface area contributed by atoms with E-state index in [1.165, 1.54) is 73.8 Å². The van der Waals surface area contributed by atoms with E-state index in [1.54, 1.807) is 31.2 Å². The number of nitrogens with one attached hydrogen (secondary N) is 7. The number of aromatic carboxylic acids is 1. The van der Waals surface area contributed by atoms with E-state index in [4.69, 9.17) is 9.47 Å². The topological polar surface area (TPSA) is 314 Å². The van der Waals surface area contributed by atoms with Crippen molar-refractivity contribution in [1.82, 2.24) is 15.3 Å². The molecule has 0 aliphatic heterocycles. The van der Waals surface area contributed by atoms with Gasteiger partial charge in [0.25, 0.3) is 23.6 Å². The number of phenols is 2. The van der Waals surface area contributed by atoms with Gasteiger partial charge in [-0.3, -0.25) is 24.0 Å². The van der Waals surface area contributed by atoms with Gasteiger partial charge in [-0.05, 0) is 103 Å². The van der Waals surface area contributed by atoms with Crippen LogP contribution in [0.25, 0.3) is 17.1 Å². The lowest BCUT2D eigenvalue weighted by Crippen LogP contribution is -2.43. The molecule has 6 rings (SSSR count). The molecule has 6 aromatic rings. The van der Waals surface area contributed by atoms with Gasteiger partial charge >= 0.3 is 11.7 Å². The Kier molecular flexibility index (Phi) is 13.6. The maximum atomic E-state index is 13.2. The van der Waals surface area contributed by atoms with Crippen LogP contribution in [0.2, 0.25) is 0 Å². The van der Waals surface area contributed by atoms with Crippen molar-refractivity contribution in [3.05, 3.63) is 135 Å². The molecule has 0 saturated heterocycles. The van der Waals surface area contributed by atoms with Crippen LogP contribution < -0.4 is 41.7 Å². The molecule has 0 saturated carbocycles. The van der Waals surface area contributed by atoms with Crippen molar-refractivity contribution in [2.24, 2.45) is 0 Å². The molecule has 5 aromatic carbocycles. The summed E-state index contributed by atoms with van der Waals surface area (Å²) in [7, 11) is 2.35. The lowest BCUT2D eigenvalue weighted by molar-refractivity contribution is -0.118. The second-order valence-corrected chi connectivity index (χ2v) is 14.0. The first-order valence-electron chi connectivity index (χ1n) is 19.2. The standard InChI is InChI=1S/C45H38N8O12/c1-22(20-23-4-15-30-34(21-23)53-45(63)52-30)39(56)47-26-9-5-25(6-10-26)41(58)51-33(18-19-46)43(60)48-27-11-7-24(8-12-27)40(57)49-31-16-13-28(35(54)37(31)64-2)42(59)50-32-17-14-29(44(61)62)36(55)38(32)65-3/h4-17,20-21,33,54-55H,18H2,1-3H3,(H,47,56)(H,48,60)(H,49,57)(H,50,59)(H,51,58)(H,61,62)(H2,52,53,63). The molecule has 0 fully saturated rings. The number of phenolic OH excluding ortho intramolecular Hbond substituents is 1. The Bertz CT molecular complexity index is 3000. The summed E-state index contributed by atoms with van der Waals surface area (Å²) in [5.74, 6) is -6.78. The average Bonchev–Trinajstić information content (AvgIpc) is 3.65. The molecule has 0 aliphatic rings. The van der Waals surface area contributed by atoms with Gasteiger partial charge < -0.3 is 61.3 Å². The van der Waals surface area contributed by atoms with Gasteiger partial charge in [0.2, 0.25) is 5.91 Å². The average molecular weight is 883 g/mol. The van der Waals surface area contributed by atoms with Crippen molar-refractivity contribution in [1.29, 1.82) is 5.26 Å². The second-order valence-electron chi connectivity index (χ2n) is 14.0. The fourth-order valence-electron chi connectivity index (χ4n) is 6.36. The third kappa shape index (κ3) is 10.4. The predicted octanol–water partition coefficient (Wildman–Crippen LogP) is 5.18. The molecule has 10 N–H and O–H groups in total. The van der Waals surface area contributed by atoms with Crippen LogP contribution in [0.3, 0.4) is 0 Å². The quantitative estimate of drug-likeness (QED) is 0.0595. The summed E-state index contributed by atoms with van der Waals surface area (Å²) >= 11 is 0. The van der Waals surface area contributed by atoms with Gasteiger partial charge in [0.1, 0.15) is 11.6 Å². The molecule has 5 amide bonds. The number of benzene rings is 5. The minimum absolute atomic E-state index is 0.0229. The van der Waals surface area contributed by atoms with E-state index in [9.17, 15) is 54.1 Å². The fourth-order valence-corrected chi connectivity index (χ4v) is 6.36. The normalized spacial score (nSPS) is 11.4. The summed E-state index contributed by atoms with van der Waals surface area (Å²) in [6.45, 7) is 1.62. The smallest absolute Gasteiger partial charge is 0.339 e. The Balaban J connectivity index is 1.04. The third-order valence-corrected chi connectivity index (χ3v) is 9.66. The summed E-state index contributed by atoms with van der Waals surface area (Å²) in [5.41, 5.74) is 1.91. The summed E-state index contributed by atoms with van der Waals surface area (Å²) < 4.78 is 10.3. The SMILES string of the molecule is COc1c(NC(=O)c2ccc(NC(=O)c3ccc(NC(=O)C(CC#N)NC(=O)c4ccc(NC(=O)C(C)=Cc5ccc6[nH]c(=O)[nH]c6c5)cc4)cc3)c(OC)c2O)ccc(C(=O)O)c1O. The molecular formula is C45H38N8O12. The number of nitriles is 1. The number of fused-ring (bicyclic) bond motifs is 1. The molecule has 1 heterocycles. The van der Waals surface area contributed by atoms with E-state index >= 15 is 0 Å². The summed E-state index contributed by atoms with van der Waals surface area (Å²) in [6.07, 6.45) is 1.27. The number of aromatic amines is 2. The number of hydrogen-bond donors (Lipinski definition) is 10. The Labute approximate surface area is 367 Å². The molecule has 1 aromatic heterocycles. The van der Waals surface area contributed by atoms with E-state index in [-0.39, 0.29) is 57.4 Å². The van der Waals surface area contributed by atoms with Gasteiger partial charge in [0.05, 0.1) is 54.7 Å². The van der Waals surface area contributed by atoms with Crippen LogP contribution in [0.15, 0.2) is 101 Å². The minimum atomic E-state index is -1.43. The largest absolute Gasteiger partial charge is 0.504 e. The monoisotopic (exact) mass is 882 g/mol. The van der Waals surface area contributed by atoms with Gasteiger partial charge in [0, 0.05) is 28.1 Å². The second kappa shape index (κ2) is 19.6. The van der Waals surface area contributed by atoms with E-state index < -0.39 is 58.6 Å². The molecule has 20 nitrogen and oxygen atoms in total. The van der Waals surface area contributed by atoms with Crippen molar-refractivity contribution < 1.29 is 53.6 Å². The lowest BCUT2D eigenvalue weighted by atomic mass is 10.1. The zero-order valence-electron chi connectivity index (χ0n) is 34.5. The van der Waals surface area contributed by atoms with Gasteiger partial charge in [-0.1, -0.05) is 6.07 Å². The van der Waals surface area contributed by atoms with Crippen molar-refractivity contribution in [3.63, 3.8) is 0 Å². The highest BCUT2D eigenvalue weighted by Gasteiger charge is 2.25. The fraction of sp³-hybridized carbons (Fsp3) is 0.111. The van der Waals surface area contributed by atoms with Crippen LogP contribution in [0.4, 0.5) is 22.7 Å². The minimum Gasteiger partial charge on any atom is -0.504 e. The number of methoxy groups -OCH3 is 2. The molecule has 65 heavy (non-hydrogen) atoms. The predicted molar refractivity (Wildman–Crippen MR) is 236 cm³/mol. The molecule has 330 valence electrons. The van der Waals surface area contributed by atoms with E-state index in [0.717, 1.165) is 13.2 Å². The number of aromatic hydroxyl groups is 2. The summed E-state index contributed by atoms with van der Waals surface area (Å²) in [5, 5.41) is 52.8. The number of carbonyl (C=O) groups excluding carboxylic acids is 5. The number of hydrogen-bond acceptors (Lipinski definition) is 12. The molecule has 1 atom stereocenters. The Morgan fingerprint density at radius 1 is 0.692 bits per heavy atom. The molecule has 0 bridgehead atoms. The number of amides is 5. The van der Waals surface area contributed by atoms with Crippen molar-refractivity contribution in [3.8, 4) is 29.1 Å². The molecular weight excluding hydrogens is 845 g/mol. The first-order chi connectivity index (χ1) is 31.1. The summed E-state index contributed by atoms with van der Waals surface area (Å²) in [4.78, 5) is 93.8. The highest BCUT2D eigenvalue weighted by molar-refractivity contribution is 6.11. The van der Waals surface area contributed by atoms with Crippen molar-refractivity contribution in [2.45, 2.75) is 19.4 Å². The number of anilines is 4. The highest BCUT2D eigenvalue weighted by atomic mass is 16.5. The maximum absolute atomic E-state index is 13.2. The Morgan fingerprint density at radius 2 is 1.23 bits per heavy atom. The van der Waals surface area contributed by atoms with Crippen LogP contribution in [-0.4, -0.2) is 81.1 Å². The van der Waals surface area contributed by atoms with Crippen molar-refractivity contribution in [2.75, 3.05) is 35.5 Å². The van der Waals surface area contributed by atoms with E-state index in [0.29, 0.717) is 27.9 Å². The number of carboxylic acid groups (broad SMARTS) is 1. The first kappa shape index (κ1) is 45.2. The van der Waals surface area contributed by atoms with Crippen LogP contribution in [0.1, 0.15) is 60.3 Å². The number of H-pyrrole nitrogens is 2. The van der Waals surface area contributed by atoms with Gasteiger partial charge in [-0.2, -0.15) is 5.26 Å². The number of rotatable bonds is 15. The molecule has 1 unspecified atom stereocenters. The molecule has 0 aliphatic carbocycles. The Morgan fingerprint density at radius 3 is 1.82 bits per heavy atom. The zero-order valence-corrected chi connectivity index (χ0v) is 34.5. The van der Waals surface area contributed by atoms with E-state index in [1.807, 2.05) is 6.07 Å². The first-order valence-corrected chi connectivity index (χ1v) is 19.2. The van der Waals surface area contributed by atoms with Crippen molar-refractivity contribution >= 4 is 75.4 Å². The maximum Gasteiger partial charge on any atom is 0.339 e. The molecule has 0 spiro atoms. The summed E-state index contributed by atoms with van der Waals surface area (Å²) in [6, 6.07) is 21.9. The number of ether oxygens (including phenoxy) is 2. The molecule has 20 heteroatoms. The number of carbonyl (C=O) groups is 6. The van der Waals surface area contributed by atoms with Crippen LogP contribution in [0.5, 0.6) is 23.0 Å². The van der Waals surface area contributed by atoms with Gasteiger partial charge in [-0.15, -0.1) is 0 Å².